The zero-order valence-corrected chi connectivity index (χ0v) is 14.6. The van der Waals surface area contributed by atoms with Gasteiger partial charge in [-0.3, -0.25) is 9.69 Å². The molecule has 1 aliphatic rings. The van der Waals surface area contributed by atoms with Crippen LogP contribution in [0.2, 0.25) is 0 Å². The highest BCUT2D eigenvalue weighted by Gasteiger charge is 2.27. The first-order valence-corrected chi connectivity index (χ1v) is 8.77. The second-order valence-electron chi connectivity index (χ2n) is 6.37. The van der Waals surface area contributed by atoms with Crippen LogP contribution in [0.1, 0.15) is 6.92 Å². The molecule has 2 aromatic heterocycles. The number of piperazine rings is 1. The summed E-state index contributed by atoms with van der Waals surface area (Å²) >= 11 is 0. The Morgan fingerprint density at radius 3 is 2.62 bits per heavy atom. The SMILES string of the molecule is C[C@@H](C(=O)Nc1ccccn1)N1CCN(c2nc3ccccc3o2)CC1. The van der Waals surface area contributed by atoms with E-state index in [9.17, 15) is 4.79 Å². The molecule has 1 aliphatic heterocycles. The maximum atomic E-state index is 12.4. The van der Waals surface area contributed by atoms with Crippen LogP contribution in [0.25, 0.3) is 11.1 Å². The Bertz CT molecular complexity index is 854. The minimum Gasteiger partial charge on any atom is -0.423 e. The van der Waals surface area contributed by atoms with Crippen molar-refractivity contribution in [3.63, 3.8) is 0 Å². The van der Waals surface area contributed by atoms with Crippen molar-refractivity contribution in [3.8, 4) is 0 Å². The number of carbonyl (C=O) groups excluding carboxylic acids is 1. The first-order valence-electron chi connectivity index (χ1n) is 8.77. The van der Waals surface area contributed by atoms with Crippen LogP contribution in [0.15, 0.2) is 53.1 Å². The van der Waals surface area contributed by atoms with Gasteiger partial charge in [0.1, 0.15) is 11.3 Å². The molecule has 0 spiro atoms. The predicted octanol–water partition coefficient (Wildman–Crippen LogP) is 2.37. The third kappa shape index (κ3) is 3.39. The number of fused-ring (bicyclic) bond motifs is 1. The Hall–Kier alpha value is -2.93. The third-order valence-corrected chi connectivity index (χ3v) is 4.71. The van der Waals surface area contributed by atoms with Crippen molar-refractivity contribution < 1.29 is 9.21 Å². The van der Waals surface area contributed by atoms with E-state index < -0.39 is 0 Å². The van der Waals surface area contributed by atoms with Crippen LogP contribution in [0.3, 0.4) is 0 Å². The number of hydrogen-bond donors (Lipinski definition) is 1. The molecule has 3 heterocycles. The molecule has 134 valence electrons. The first-order chi connectivity index (χ1) is 12.7. The van der Waals surface area contributed by atoms with E-state index >= 15 is 0 Å². The van der Waals surface area contributed by atoms with Crippen molar-refractivity contribution in [2.45, 2.75) is 13.0 Å². The lowest BCUT2D eigenvalue weighted by Crippen LogP contribution is -2.53. The maximum Gasteiger partial charge on any atom is 0.298 e. The number of amides is 1. The van der Waals surface area contributed by atoms with E-state index in [1.165, 1.54) is 0 Å². The molecule has 0 saturated carbocycles. The molecule has 0 radical (unpaired) electrons. The van der Waals surface area contributed by atoms with E-state index in [-0.39, 0.29) is 11.9 Å². The average Bonchev–Trinajstić information content (AvgIpc) is 3.12. The van der Waals surface area contributed by atoms with Gasteiger partial charge < -0.3 is 14.6 Å². The number of benzene rings is 1. The molecule has 1 N–H and O–H groups in total. The summed E-state index contributed by atoms with van der Waals surface area (Å²) in [5.41, 5.74) is 1.67. The van der Waals surface area contributed by atoms with Gasteiger partial charge in [-0.05, 0) is 31.2 Å². The van der Waals surface area contributed by atoms with Gasteiger partial charge in [-0.1, -0.05) is 18.2 Å². The van der Waals surface area contributed by atoms with Gasteiger partial charge in [-0.25, -0.2) is 4.98 Å². The molecule has 1 fully saturated rings. The summed E-state index contributed by atoms with van der Waals surface area (Å²) in [5, 5.41) is 2.86. The number of pyridine rings is 1. The highest BCUT2D eigenvalue weighted by Crippen LogP contribution is 2.23. The van der Waals surface area contributed by atoms with E-state index in [1.807, 2.05) is 43.3 Å². The normalized spacial score (nSPS) is 16.6. The summed E-state index contributed by atoms with van der Waals surface area (Å²) in [5.74, 6) is 0.536. The zero-order valence-electron chi connectivity index (χ0n) is 14.6. The number of para-hydroxylation sites is 2. The van der Waals surface area contributed by atoms with Gasteiger partial charge in [0.05, 0.1) is 6.04 Å². The van der Waals surface area contributed by atoms with Crippen molar-refractivity contribution in [2.75, 3.05) is 36.4 Å². The standard InChI is InChI=1S/C19H21N5O2/c1-14(18(25)22-17-8-4-5-9-20-17)23-10-12-24(13-11-23)19-21-15-6-2-3-7-16(15)26-19/h2-9,14H,10-13H2,1H3,(H,20,22,25)/t14-/m0/s1. The Labute approximate surface area is 151 Å². The molecule has 0 bridgehead atoms. The van der Waals surface area contributed by atoms with Crippen LogP contribution in [-0.4, -0.2) is 53.0 Å². The second kappa shape index (κ2) is 7.13. The van der Waals surface area contributed by atoms with Crippen LogP contribution in [-0.2, 0) is 4.79 Å². The smallest absolute Gasteiger partial charge is 0.298 e. The van der Waals surface area contributed by atoms with Crippen molar-refractivity contribution >= 4 is 28.8 Å². The van der Waals surface area contributed by atoms with Gasteiger partial charge in [-0.2, -0.15) is 4.98 Å². The lowest BCUT2D eigenvalue weighted by Gasteiger charge is -2.36. The molecule has 0 aliphatic carbocycles. The van der Waals surface area contributed by atoms with Crippen molar-refractivity contribution in [2.24, 2.45) is 0 Å². The van der Waals surface area contributed by atoms with Gasteiger partial charge in [0.25, 0.3) is 6.01 Å². The molecule has 26 heavy (non-hydrogen) atoms. The van der Waals surface area contributed by atoms with Crippen LogP contribution in [0, 0.1) is 0 Å². The molecule has 3 aromatic rings. The molecule has 1 amide bonds. The summed E-state index contributed by atoms with van der Waals surface area (Å²) in [6.45, 7) is 5.01. The highest BCUT2D eigenvalue weighted by atomic mass is 16.4. The predicted molar refractivity (Wildman–Crippen MR) is 100 cm³/mol. The van der Waals surface area contributed by atoms with E-state index in [1.54, 1.807) is 12.3 Å². The van der Waals surface area contributed by atoms with E-state index in [0.29, 0.717) is 11.8 Å². The van der Waals surface area contributed by atoms with Gasteiger partial charge in [0.15, 0.2) is 5.58 Å². The Morgan fingerprint density at radius 2 is 1.88 bits per heavy atom. The Kier molecular flexibility index (Phi) is 4.53. The second-order valence-corrected chi connectivity index (χ2v) is 6.37. The highest BCUT2D eigenvalue weighted by molar-refractivity contribution is 5.93. The first kappa shape index (κ1) is 16.5. The number of carbonyl (C=O) groups is 1. The van der Waals surface area contributed by atoms with Crippen LogP contribution in [0.5, 0.6) is 0 Å². The number of nitrogens with zero attached hydrogens (tertiary/aromatic N) is 4. The third-order valence-electron chi connectivity index (χ3n) is 4.71. The summed E-state index contributed by atoms with van der Waals surface area (Å²) in [6.07, 6.45) is 1.67. The number of rotatable bonds is 4. The average molecular weight is 351 g/mol. The molecule has 1 aromatic carbocycles. The number of anilines is 2. The fourth-order valence-electron chi connectivity index (χ4n) is 3.13. The van der Waals surface area contributed by atoms with Gasteiger partial charge in [0, 0.05) is 32.4 Å². The van der Waals surface area contributed by atoms with E-state index in [0.717, 1.165) is 37.3 Å². The quantitative estimate of drug-likeness (QED) is 0.778. The maximum absolute atomic E-state index is 12.4. The van der Waals surface area contributed by atoms with Crippen molar-refractivity contribution in [1.82, 2.24) is 14.9 Å². The van der Waals surface area contributed by atoms with Gasteiger partial charge in [0.2, 0.25) is 5.91 Å². The largest absolute Gasteiger partial charge is 0.423 e. The summed E-state index contributed by atoms with van der Waals surface area (Å²) < 4.78 is 5.84. The summed E-state index contributed by atoms with van der Waals surface area (Å²) in [7, 11) is 0. The monoisotopic (exact) mass is 351 g/mol. The van der Waals surface area contributed by atoms with Crippen LogP contribution >= 0.6 is 0 Å². The van der Waals surface area contributed by atoms with Crippen molar-refractivity contribution in [1.29, 1.82) is 0 Å². The molecule has 1 atom stereocenters. The van der Waals surface area contributed by atoms with Gasteiger partial charge >= 0.3 is 0 Å². The van der Waals surface area contributed by atoms with Crippen molar-refractivity contribution in [3.05, 3.63) is 48.7 Å². The Balaban J connectivity index is 1.36. The topological polar surface area (TPSA) is 74.5 Å². The minimum atomic E-state index is -0.220. The lowest BCUT2D eigenvalue weighted by molar-refractivity contribution is -0.120. The number of oxazole rings is 1. The fourth-order valence-corrected chi connectivity index (χ4v) is 3.13. The Morgan fingerprint density at radius 1 is 1.12 bits per heavy atom. The number of aromatic nitrogens is 2. The molecule has 4 rings (SSSR count). The summed E-state index contributed by atoms with van der Waals surface area (Å²) in [6, 6.07) is 13.7. The molecule has 7 heteroatoms. The summed E-state index contributed by atoms with van der Waals surface area (Å²) in [4.78, 5) is 25.4. The van der Waals surface area contributed by atoms with Crippen LogP contribution in [0.4, 0.5) is 11.8 Å². The lowest BCUT2D eigenvalue weighted by atomic mass is 10.2. The number of nitrogens with one attached hydrogen (secondary N) is 1. The number of hydrogen-bond acceptors (Lipinski definition) is 6. The molecule has 7 nitrogen and oxygen atoms in total. The zero-order chi connectivity index (χ0) is 17.9. The molecular weight excluding hydrogens is 330 g/mol. The van der Waals surface area contributed by atoms with E-state index in [4.69, 9.17) is 4.42 Å². The molecular formula is C19H21N5O2. The van der Waals surface area contributed by atoms with Gasteiger partial charge in [-0.15, -0.1) is 0 Å². The van der Waals surface area contributed by atoms with Crippen LogP contribution < -0.4 is 10.2 Å². The van der Waals surface area contributed by atoms with E-state index in [2.05, 4.69) is 25.1 Å². The minimum absolute atomic E-state index is 0.0426. The molecule has 0 unspecified atom stereocenters. The molecule has 1 saturated heterocycles. The fraction of sp³-hybridized carbons (Fsp3) is 0.316.